The Labute approximate surface area is 172 Å². The molecule has 1 heterocycles. The van der Waals surface area contributed by atoms with Crippen LogP contribution in [0.25, 0.3) is 0 Å². The molecule has 6 heteroatoms. The summed E-state index contributed by atoms with van der Waals surface area (Å²) in [7, 11) is 0. The molecule has 152 valence electrons. The molecule has 0 saturated carbocycles. The zero-order chi connectivity index (χ0) is 21.3. The van der Waals surface area contributed by atoms with Crippen LogP contribution in [0.5, 0.6) is 5.75 Å². The van der Waals surface area contributed by atoms with E-state index < -0.39 is 17.6 Å². The van der Waals surface area contributed by atoms with Gasteiger partial charge in [-0.05, 0) is 60.5 Å². The van der Waals surface area contributed by atoms with Crippen LogP contribution in [0.15, 0.2) is 72.8 Å². The Morgan fingerprint density at radius 2 is 1.60 bits per heavy atom. The number of halogens is 2. The van der Waals surface area contributed by atoms with Crippen LogP contribution in [0.3, 0.4) is 0 Å². The van der Waals surface area contributed by atoms with Gasteiger partial charge in [-0.25, -0.2) is 8.78 Å². The number of hydrogen-bond acceptors (Lipinski definition) is 3. The topological polar surface area (TPSA) is 57.6 Å². The van der Waals surface area contributed by atoms with E-state index in [2.05, 4.69) is 0 Å². The fourth-order valence-corrected chi connectivity index (χ4v) is 3.88. The van der Waals surface area contributed by atoms with Crippen LogP contribution >= 0.6 is 0 Å². The van der Waals surface area contributed by atoms with Gasteiger partial charge < -0.3 is 10.0 Å². The first-order chi connectivity index (χ1) is 14.5. The highest BCUT2D eigenvalue weighted by Crippen LogP contribution is 2.46. The van der Waals surface area contributed by atoms with Gasteiger partial charge in [0, 0.05) is 12.1 Å². The standard InChI is InChI=1S/C24H19F2NO3/c25-16-7-9-17(10-8-16)27-23(15-5-11-18(28)12-6-15)20(24(27)30)13-14-22(29)19-3-1-2-4-21(19)26/h1-12,20,23,28H,13-14H2. The van der Waals surface area contributed by atoms with Gasteiger partial charge in [0.25, 0.3) is 0 Å². The molecule has 0 bridgehead atoms. The fourth-order valence-electron chi connectivity index (χ4n) is 3.88. The van der Waals surface area contributed by atoms with E-state index in [-0.39, 0.29) is 41.9 Å². The predicted molar refractivity (Wildman–Crippen MR) is 108 cm³/mol. The van der Waals surface area contributed by atoms with Crippen LogP contribution in [-0.4, -0.2) is 16.8 Å². The third-order valence-electron chi connectivity index (χ3n) is 5.41. The maximum atomic E-state index is 13.9. The molecule has 2 atom stereocenters. The molecule has 1 aliphatic heterocycles. The van der Waals surface area contributed by atoms with Crippen LogP contribution in [0.2, 0.25) is 0 Å². The molecular weight excluding hydrogens is 388 g/mol. The van der Waals surface area contributed by atoms with Crippen LogP contribution < -0.4 is 4.90 Å². The van der Waals surface area contributed by atoms with Gasteiger partial charge in [-0.3, -0.25) is 9.59 Å². The number of carbonyl (C=O) groups is 2. The van der Waals surface area contributed by atoms with Gasteiger partial charge in [0.1, 0.15) is 17.4 Å². The summed E-state index contributed by atoms with van der Waals surface area (Å²) in [6.45, 7) is 0. The average Bonchev–Trinajstić information content (AvgIpc) is 2.74. The highest BCUT2D eigenvalue weighted by molar-refractivity contribution is 6.04. The maximum absolute atomic E-state index is 13.9. The van der Waals surface area contributed by atoms with E-state index in [1.54, 1.807) is 23.1 Å². The van der Waals surface area contributed by atoms with Crippen LogP contribution in [-0.2, 0) is 4.79 Å². The van der Waals surface area contributed by atoms with E-state index in [1.165, 1.54) is 54.6 Å². The number of amides is 1. The summed E-state index contributed by atoms with van der Waals surface area (Å²) in [6, 6.07) is 17.5. The van der Waals surface area contributed by atoms with Gasteiger partial charge in [-0.1, -0.05) is 24.3 Å². The van der Waals surface area contributed by atoms with E-state index in [1.807, 2.05) is 0 Å². The second-order valence-corrected chi connectivity index (χ2v) is 7.27. The number of nitrogens with zero attached hydrogens (tertiary/aromatic N) is 1. The van der Waals surface area contributed by atoms with E-state index in [0.29, 0.717) is 5.69 Å². The third-order valence-corrected chi connectivity index (χ3v) is 5.41. The molecule has 1 saturated heterocycles. The van der Waals surface area contributed by atoms with E-state index >= 15 is 0 Å². The minimum atomic E-state index is -0.578. The number of β-lactam (4-membered cyclic amide) rings is 1. The molecule has 1 amide bonds. The van der Waals surface area contributed by atoms with Crippen molar-refractivity contribution >= 4 is 17.4 Å². The average molecular weight is 407 g/mol. The van der Waals surface area contributed by atoms with Gasteiger partial charge in [0.2, 0.25) is 5.91 Å². The predicted octanol–water partition coefficient (Wildman–Crippen LogP) is 5.04. The van der Waals surface area contributed by atoms with Gasteiger partial charge >= 0.3 is 0 Å². The normalized spacial score (nSPS) is 18.2. The van der Waals surface area contributed by atoms with Crippen molar-refractivity contribution in [2.45, 2.75) is 18.9 Å². The van der Waals surface area contributed by atoms with E-state index in [9.17, 15) is 23.5 Å². The Balaban J connectivity index is 1.57. The molecular formula is C24H19F2NO3. The van der Waals surface area contributed by atoms with Crippen molar-refractivity contribution in [2.75, 3.05) is 4.90 Å². The molecule has 1 N–H and O–H groups in total. The molecule has 0 radical (unpaired) electrons. The second-order valence-electron chi connectivity index (χ2n) is 7.27. The Hall–Kier alpha value is -3.54. The largest absolute Gasteiger partial charge is 0.508 e. The first kappa shape index (κ1) is 19.8. The van der Waals surface area contributed by atoms with Crippen molar-refractivity contribution in [3.05, 3.63) is 95.6 Å². The second kappa shape index (κ2) is 8.06. The summed E-state index contributed by atoms with van der Waals surface area (Å²) in [4.78, 5) is 26.9. The summed E-state index contributed by atoms with van der Waals surface area (Å²) in [5, 5.41) is 9.59. The van der Waals surface area contributed by atoms with Crippen molar-refractivity contribution in [1.82, 2.24) is 0 Å². The number of anilines is 1. The first-order valence-electron chi connectivity index (χ1n) is 9.61. The minimum Gasteiger partial charge on any atom is -0.508 e. The summed E-state index contributed by atoms with van der Waals surface area (Å²) >= 11 is 0. The lowest BCUT2D eigenvalue weighted by Gasteiger charge is -2.47. The SMILES string of the molecule is O=C(CCC1C(=O)N(c2ccc(F)cc2)C1c1ccc(O)cc1)c1ccccc1F. The summed E-state index contributed by atoms with van der Waals surface area (Å²) in [6.07, 6.45) is 0.290. The molecule has 4 nitrogen and oxygen atoms in total. The smallest absolute Gasteiger partial charge is 0.233 e. The number of Topliss-reactive ketones (excluding diaryl/α,β-unsaturated/α-hetero) is 1. The van der Waals surface area contributed by atoms with Crippen LogP contribution in [0, 0.1) is 17.6 Å². The molecule has 1 aliphatic rings. The minimum absolute atomic E-state index is 0.0147. The molecule has 0 spiro atoms. The summed E-state index contributed by atoms with van der Waals surface area (Å²) in [5.41, 5.74) is 1.36. The number of benzene rings is 3. The summed E-state index contributed by atoms with van der Waals surface area (Å²) in [5.74, 6) is -1.89. The van der Waals surface area contributed by atoms with Gasteiger partial charge in [0.05, 0.1) is 17.5 Å². The number of rotatable bonds is 6. The van der Waals surface area contributed by atoms with E-state index in [0.717, 1.165) is 5.56 Å². The van der Waals surface area contributed by atoms with E-state index in [4.69, 9.17) is 0 Å². The molecule has 2 unspecified atom stereocenters. The molecule has 0 aromatic heterocycles. The van der Waals surface area contributed by atoms with Crippen LogP contribution in [0.1, 0.15) is 34.8 Å². The number of aromatic hydroxyl groups is 1. The van der Waals surface area contributed by atoms with Gasteiger partial charge in [-0.15, -0.1) is 0 Å². The lowest BCUT2D eigenvalue weighted by molar-refractivity contribution is -0.130. The molecule has 0 aliphatic carbocycles. The van der Waals surface area contributed by atoms with Gasteiger partial charge in [-0.2, -0.15) is 0 Å². The molecule has 30 heavy (non-hydrogen) atoms. The number of hydrogen-bond donors (Lipinski definition) is 1. The lowest BCUT2D eigenvalue weighted by atomic mass is 9.78. The number of carbonyl (C=O) groups excluding carboxylic acids is 2. The van der Waals surface area contributed by atoms with Crippen molar-refractivity contribution < 1.29 is 23.5 Å². The zero-order valence-corrected chi connectivity index (χ0v) is 16.0. The Kier molecular flexibility index (Phi) is 5.31. The monoisotopic (exact) mass is 407 g/mol. The Morgan fingerprint density at radius 1 is 0.933 bits per heavy atom. The van der Waals surface area contributed by atoms with Crippen LogP contribution in [0.4, 0.5) is 14.5 Å². The molecule has 3 aromatic rings. The third kappa shape index (κ3) is 3.68. The quantitative estimate of drug-likeness (QED) is 0.460. The van der Waals surface area contributed by atoms with Crippen molar-refractivity contribution in [3.63, 3.8) is 0 Å². The Morgan fingerprint density at radius 3 is 2.27 bits per heavy atom. The number of ketones is 1. The fraction of sp³-hybridized carbons (Fsp3) is 0.167. The highest BCUT2D eigenvalue weighted by atomic mass is 19.1. The summed E-state index contributed by atoms with van der Waals surface area (Å²) < 4.78 is 27.2. The highest BCUT2D eigenvalue weighted by Gasteiger charge is 2.48. The first-order valence-corrected chi connectivity index (χ1v) is 9.61. The molecule has 4 rings (SSSR count). The van der Waals surface area contributed by atoms with Crippen molar-refractivity contribution in [1.29, 1.82) is 0 Å². The van der Waals surface area contributed by atoms with Crippen molar-refractivity contribution in [2.24, 2.45) is 5.92 Å². The number of phenolic OH excluding ortho intramolecular Hbond substituents is 1. The molecule has 3 aromatic carbocycles. The molecule has 1 fully saturated rings. The maximum Gasteiger partial charge on any atom is 0.233 e. The lowest BCUT2D eigenvalue weighted by Crippen LogP contribution is -2.55. The zero-order valence-electron chi connectivity index (χ0n) is 16.0. The number of phenols is 1. The van der Waals surface area contributed by atoms with Gasteiger partial charge in [0.15, 0.2) is 5.78 Å². The Bertz CT molecular complexity index is 1080. The van der Waals surface area contributed by atoms with Crippen molar-refractivity contribution in [3.8, 4) is 5.75 Å².